The summed E-state index contributed by atoms with van der Waals surface area (Å²) in [7, 11) is 0. The van der Waals surface area contributed by atoms with Crippen LogP contribution in [0.5, 0.6) is 0 Å². The van der Waals surface area contributed by atoms with Crippen LogP contribution in [0.15, 0.2) is 114 Å². The van der Waals surface area contributed by atoms with E-state index < -0.39 is 6.29 Å². The van der Waals surface area contributed by atoms with Crippen molar-refractivity contribution in [2.45, 2.75) is 36.9 Å². The Morgan fingerprint density at radius 2 is 1.55 bits per heavy atom. The van der Waals surface area contributed by atoms with Crippen LogP contribution < -0.4 is 5.32 Å². The second kappa shape index (κ2) is 12.8. The molecule has 5 aromatic rings. The zero-order chi connectivity index (χ0) is 28.9. The number of aliphatic hydroxyl groups excluding tert-OH is 1. The van der Waals surface area contributed by atoms with Crippen molar-refractivity contribution in [1.29, 1.82) is 0 Å². The molecule has 0 spiro atoms. The third-order valence-corrected chi connectivity index (χ3v) is 8.50. The number of benzene rings is 4. The molecule has 0 saturated carbocycles. The number of amides is 1. The van der Waals surface area contributed by atoms with Gasteiger partial charge in [-0.2, -0.15) is 0 Å². The second-order valence-electron chi connectivity index (χ2n) is 10.3. The number of aromatic nitrogens is 2. The summed E-state index contributed by atoms with van der Waals surface area (Å²) in [5.74, 6) is 0.542. The minimum atomic E-state index is -0.582. The minimum Gasteiger partial charge on any atom is -0.392 e. The van der Waals surface area contributed by atoms with Crippen molar-refractivity contribution in [2.24, 2.45) is 5.92 Å². The fraction of sp³-hybridized carbons (Fsp3) is 0.206. The standard InChI is InChI=1S/C34H31N3O4S/c1-22-31(21-42-27-7-3-2-4-8-27)40-34(41-32(22)24-13-11-23(20-38)12-14-24)25-15-17-26(18-16-25)36-33(39)30-19-35-28-9-5-6-10-29(28)37-30/h2-19,22,31-32,34,38H,20-21H2,1H3,(H,36,39)/t22-,31+,32+,34+/m1/s1. The molecule has 0 unspecified atom stereocenters. The van der Waals surface area contributed by atoms with Crippen LogP contribution in [0.3, 0.4) is 0 Å². The van der Waals surface area contributed by atoms with Gasteiger partial charge in [0.25, 0.3) is 5.91 Å². The van der Waals surface area contributed by atoms with E-state index in [1.807, 2.05) is 91.0 Å². The second-order valence-corrected chi connectivity index (χ2v) is 11.4. The van der Waals surface area contributed by atoms with E-state index in [9.17, 15) is 9.90 Å². The number of anilines is 1. The number of para-hydroxylation sites is 2. The molecule has 42 heavy (non-hydrogen) atoms. The summed E-state index contributed by atoms with van der Waals surface area (Å²) >= 11 is 1.77. The maximum Gasteiger partial charge on any atom is 0.275 e. The van der Waals surface area contributed by atoms with Crippen LogP contribution in [-0.2, 0) is 16.1 Å². The first kappa shape index (κ1) is 28.1. The largest absolute Gasteiger partial charge is 0.392 e. The van der Waals surface area contributed by atoms with Crippen LogP contribution in [0, 0.1) is 5.92 Å². The Bertz CT molecular complexity index is 1650. The van der Waals surface area contributed by atoms with Gasteiger partial charge >= 0.3 is 0 Å². The highest BCUT2D eigenvalue weighted by molar-refractivity contribution is 7.99. The van der Waals surface area contributed by atoms with Crippen molar-refractivity contribution in [3.63, 3.8) is 0 Å². The summed E-state index contributed by atoms with van der Waals surface area (Å²) in [6.07, 6.45) is 0.643. The number of thioether (sulfide) groups is 1. The summed E-state index contributed by atoms with van der Waals surface area (Å²) in [5, 5.41) is 12.4. The van der Waals surface area contributed by atoms with Gasteiger partial charge in [-0.3, -0.25) is 9.78 Å². The monoisotopic (exact) mass is 577 g/mol. The van der Waals surface area contributed by atoms with Crippen molar-refractivity contribution in [3.05, 3.63) is 132 Å². The molecule has 2 N–H and O–H groups in total. The molecule has 0 radical (unpaired) electrons. The zero-order valence-corrected chi connectivity index (χ0v) is 23.9. The normalized spacial score (nSPS) is 20.3. The highest BCUT2D eigenvalue weighted by Crippen LogP contribution is 2.43. The van der Waals surface area contributed by atoms with Crippen molar-refractivity contribution in [3.8, 4) is 0 Å². The molecule has 1 saturated heterocycles. The lowest BCUT2D eigenvalue weighted by Crippen LogP contribution is -2.38. The number of hydrogen-bond acceptors (Lipinski definition) is 7. The maximum absolute atomic E-state index is 12.9. The van der Waals surface area contributed by atoms with Crippen LogP contribution in [0.4, 0.5) is 5.69 Å². The average molecular weight is 578 g/mol. The molecular formula is C34H31N3O4S. The number of hydrogen-bond donors (Lipinski definition) is 2. The van der Waals surface area contributed by atoms with Gasteiger partial charge < -0.3 is 19.9 Å². The summed E-state index contributed by atoms with van der Waals surface area (Å²) < 4.78 is 13.1. The first-order valence-corrected chi connectivity index (χ1v) is 14.9. The predicted molar refractivity (Wildman–Crippen MR) is 164 cm³/mol. The van der Waals surface area contributed by atoms with Crippen LogP contribution >= 0.6 is 11.8 Å². The molecule has 212 valence electrons. The van der Waals surface area contributed by atoms with Crippen LogP contribution in [0.1, 0.15) is 46.5 Å². The van der Waals surface area contributed by atoms with Crippen molar-refractivity contribution >= 4 is 34.4 Å². The number of nitrogens with zero attached hydrogens (tertiary/aromatic N) is 2. The summed E-state index contributed by atoms with van der Waals surface area (Å²) in [6, 6.07) is 33.2. The van der Waals surface area contributed by atoms with Crippen molar-refractivity contribution < 1.29 is 19.4 Å². The van der Waals surface area contributed by atoms with E-state index in [0.717, 1.165) is 28.0 Å². The van der Waals surface area contributed by atoms with Gasteiger partial charge in [0.2, 0.25) is 0 Å². The molecular weight excluding hydrogens is 546 g/mol. The Balaban J connectivity index is 1.19. The fourth-order valence-electron chi connectivity index (χ4n) is 4.99. The van der Waals surface area contributed by atoms with Crippen LogP contribution in [0.25, 0.3) is 11.0 Å². The van der Waals surface area contributed by atoms with Gasteiger partial charge in [-0.1, -0.05) is 73.7 Å². The van der Waals surface area contributed by atoms with Crippen LogP contribution in [0.2, 0.25) is 0 Å². The van der Waals surface area contributed by atoms with Crippen molar-refractivity contribution in [2.75, 3.05) is 11.1 Å². The number of carbonyl (C=O) groups excluding carboxylic acids is 1. The average Bonchev–Trinajstić information content (AvgIpc) is 3.05. The number of rotatable bonds is 8. The van der Waals surface area contributed by atoms with E-state index in [1.54, 1.807) is 11.8 Å². The minimum absolute atomic E-state index is 0.000238. The van der Waals surface area contributed by atoms with E-state index in [1.165, 1.54) is 11.1 Å². The summed E-state index contributed by atoms with van der Waals surface area (Å²) in [4.78, 5) is 22.8. The smallest absolute Gasteiger partial charge is 0.275 e. The molecule has 8 heteroatoms. The Labute approximate surface area is 248 Å². The van der Waals surface area contributed by atoms with E-state index in [4.69, 9.17) is 9.47 Å². The molecule has 1 fully saturated rings. The predicted octanol–water partition coefficient (Wildman–Crippen LogP) is 6.96. The molecule has 0 bridgehead atoms. The number of aliphatic hydroxyl groups is 1. The summed E-state index contributed by atoms with van der Waals surface area (Å²) in [6.45, 7) is 2.16. The van der Waals surface area contributed by atoms with Gasteiger partial charge in [0.1, 0.15) is 5.69 Å². The molecule has 0 aliphatic carbocycles. The van der Waals surface area contributed by atoms with E-state index in [-0.39, 0.29) is 36.3 Å². The fourth-order valence-corrected chi connectivity index (χ4v) is 6.08. The first-order valence-electron chi connectivity index (χ1n) is 13.9. The lowest BCUT2D eigenvalue weighted by atomic mass is 9.91. The number of ether oxygens (including phenoxy) is 2. The summed E-state index contributed by atoms with van der Waals surface area (Å²) in [5.41, 5.74) is 5.05. The quantitative estimate of drug-likeness (QED) is 0.193. The van der Waals surface area contributed by atoms with E-state index in [0.29, 0.717) is 11.2 Å². The third kappa shape index (κ3) is 6.37. The molecule has 2 heterocycles. The SMILES string of the molecule is C[C@@H]1[C@H](CSc2ccccc2)O[C@H](c2ccc(NC(=O)c3cnc4ccccc4n3)cc2)O[C@@H]1c1ccc(CO)cc1. The molecule has 1 amide bonds. The highest BCUT2D eigenvalue weighted by atomic mass is 32.2. The molecule has 1 aliphatic rings. The lowest BCUT2D eigenvalue weighted by Gasteiger charge is -2.41. The number of nitrogens with one attached hydrogen (secondary N) is 1. The Kier molecular flexibility index (Phi) is 8.58. The number of carbonyl (C=O) groups is 1. The first-order chi connectivity index (χ1) is 20.6. The van der Waals surface area contributed by atoms with E-state index in [2.05, 4.69) is 34.3 Å². The topological polar surface area (TPSA) is 93.6 Å². The third-order valence-electron chi connectivity index (χ3n) is 7.40. The van der Waals surface area contributed by atoms with Gasteiger partial charge in [-0.05, 0) is 47.5 Å². The number of fused-ring (bicyclic) bond motifs is 1. The Morgan fingerprint density at radius 1 is 0.857 bits per heavy atom. The Morgan fingerprint density at radius 3 is 2.29 bits per heavy atom. The van der Waals surface area contributed by atoms with Crippen molar-refractivity contribution in [1.82, 2.24) is 9.97 Å². The van der Waals surface area contributed by atoms with Gasteiger partial charge in [0, 0.05) is 27.8 Å². The molecule has 4 aromatic carbocycles. The molecule has 4 atom stereocenters. The molecule has 1 aliphatic heterocycles. The molecule has 7 nitrogen and oxygen atoms in total. The Hall–Kier alpha value is -4.08. The van der Waals surface area contributed by atoms with E-state index >= 15 is 0 Å². The van der Waals surface area contributed by atoms with Gasteiger partial charge in [0.15, 0.2) is 6.29 Å². The van der Waals surface area contributed by atoms with Crippen LogP contribution in [-0.4, -0.2) is 32.8 Å². The zero-order valence-electron chi connectivity index (χ0n) is 23.1. The lowest BCUT2D eigenvalue weighted by molar-refractivity contribution is -0.268. The highest BCUT2D eigenvalue weighted by Gasteiger charge is 2.38. The van der Waals surface area contributed by atoms with Gasteiger partial charge in [-0.25, -0.2) is 4.98 Å². The molecule has 1 aromatic heterocycles. The van der Waals surface area contributed by atoms with Gasteiger partial charge in [0.05, 0.1) is 36.0 Å². The maximum atomic E-state index is 12.9. The van der Waals surface area contributed by atoms with Gasteiger partial charge in [-0.15, -0.1) is 11.8 Å². The molecule has 6 rings (SSSR count).